The van der Waals surface area contributed by atoms with Crippen LogP contribution in [0, 0.1) is 0 Å². The molecule has 2 aromatic rings. The maximum absolute atomic E-state index is 4.75. The molecular weight excluding hydrogens is 310 g/mol. The van der Waals surface area contributed by atoms with E-state index in [4.69, 9.17) is 4.99 Å². The van der Waals surface area contributed by atoms with Crippen molar-refractivity contribution in [1.82, 2.24) is 20.5 Å². The summed E-state index contributed by atoms with van der Waals surface area (Å²) < 4.78 is 0. The molecule has 2 N–H and O–H groups in total. The predicted octanol–water partition coefficient (Wildman–Crippen LogP) is 2.78. The number of aliphatic imine (C=N–C) groups is 1. The molecular formula is C20H29N5. The smallest absolute Gasteiger partial charge is 0.191 e. The zero-order valence-electron chi connectivity index (χ0n) is 15.2. The number of benzene rings is 1. The Morgan fingerprint density at radius 2 is 1.96 bits per heavy atom. The molecule has 5 heteroatoms. The summed E-state index contributed by atoms with van der Waals surface area (Å²) in [6.45, 7) is 8.08. The molecule has 25 heavy (non-hydrogen) atoms. The molecule has 2 heterocycles. The highest BCUT2D eigenvalue weighted by atomic mass is 15.2. The number of nitrogens with zero attached hydrogens (tertiary/aromatic N) is 3. The van der Waals surface area contributed by atoms with E-state index in [1.54, 1.807) is 0 Å². The quantitative estimate of drug-likeness (QED) is 0.628. The predicted molar refractivity (Wildman–Crippen MR) is 105 cm³/mol. The van der Waals surface area contributed by atoms with Gasteiger partial charge < -0.3 is 15.5 Å². The summed E-state index contributed by atoms with van der Waals surface area (Å²) in [5.74, 6) is 0.882. The summed E-state index contributed by atoms with van der Waals surface area (Å²) >= 11 is 0. The number of rotatable bonds is 6. The maximum atomic E-state index is 4.75. The van der Waals surface area contributed by atoms with Crippen LogP contribution in [0.1, 0.15) is 31.7 Å². The van der Waals surface area contributed by atoms with Crippen LogP contribution >= 0.6 is 0 Å². The Labute approximate surface area is 150 Å². The monoisotopic (exact) mass is 339 g/mol. The molecule has 0 amide bonds. The van der Waals surface area contributed by atoms with Gasteiger partial charge in [0.15, 0.2) is 5.96 Å². The van der Waals surface area contributed by atoms with Crippen molar-refractivity contribution in [2.45, 2.75) is 32.7 Å². The largest absolute Gasteiger partial charge is 0.357 e. The number of pyridine rings is 1. The first kappa shape index (κ1) is 17.7. The average Bonchev–Trinajstić information content (AvgIpc) is 2.67. The minimum absolute atomic E-state index is 0.632. The second-order valence-corrected chi connectivity index (χ2v) is 6.52. The zero-order chi connectivity index (χ0) is 17.3. The van der Waals surface area contributed by atoms with Gasteiger partial charge in [0.25, 0.3) is 0 Å². The van der Waals surface area contributed by atoms with Crippen LogP contribution in [0.4, 0.5) is 0 Å². The third-order valence-electron chi connectivity index (χ3n) is 4.64. The molecule has 1 aromatic heterocycles. The molecule has 1 saturated heterocycles. The third-order valence-corrected chi connectivity index (χ3v) is 4.64. The Balaban J connectivity index is 1.59. The SMILES string of the molecule is CCNC(=NCc1cccc2cccnc12)NCCN1CCCCC1. The van der Waals surface area contributed by atoms with Crippen molar-refractivity contribution in [3.05, 3.63) is 42.1 Å². The van der Waals surface area contributed by atoms with Gasteiger partial charge in [0.05, 0.1) is 12.1 Å². The number of hydrogen-bond acceptors (Lipinski definition) is 3. The summed E-state index contributed by atoms with van der Waals surface area (Å²) in [4.78, 5) is 11.8. The van der Waals surface area contributed by atoms with Gasteiger partial charge in [0.2, 0.25) is 0 Å². The first-order valence-electron chi connectivity index (χ1n) is 9.44. The topological polar surface area (TPSA) is 52.6 Å². The Morgan fingerprint density at radius 3 is 2.80 bits per heavy atom. The number of aromatic nitrogens is 1. The lowest BCUT2D eigenvalue weighted by atomic mass is 10.1. The van der Waals surface area contributed by atoms with Crippen molar-refractivity contribution in [3.8, 4) is 0 Å². The number of guanidine groups is 1. The van der Waals surface area contributed by atoms with Crippen molar-refractivity contribution in [3.63, 3.8) is 0 Å². The van der Waals surface area contributed by atoms with Crippen molar-refractivity contribution in [2.24, 2.45) is 4.99 Å². The molecule has 3 rings (SSSR count). The highest BCUT2D eigenvalue weighted by Crippen LogP contribution is 2.16. The van der Waals surface area contributed by atoms with E-state index in [-0.39, 0.29) is 0 Å². The fourth-order valence-electron chi connectivity index (χ4n) is 3.32. The first-order chi connectivity index (χ1) is 12.4. The van der Waals surface area contributed by atoms with Crippen LogP contribution in [0.2, 0.25) is 0 Å². The highest BCUT2D eigenvalue weighted by Gasteiger charge is 2.09. The van der Waals surface area contributed by atoms with Gasteiger partial charge in [-0.3, -0.25) is 4.98 Å². The van der Waals surface area contributed by atoms with Crippen molar-refractivity contribution >= 4 is 16.9 Å². The number of fused-ring (bicyclic) bond motifs is 1. The van der Waals surface area contributed by atoms with E-state index in [1.807, 2.05) is 12.3 Å². The molecule has 0 bridgehead atoms. The molecule has 0 radical (unpaired) electrons. The molecule has 1 fully saturated rings. The normalized spacial score (nSPS) is 16.1. The standard InChI is InChI=1S/C20H29N5/c1-2-21-20(23-12-15-25-13-4-3-5-14-25)24-16-18-9-6-8-17-10-7-11-22-19(17)18/h6-11H,2-5,12-16H2,1H3,(H2,21,23,24). The minimum atomic E-state index is 0.632. The number of likely N-dealkylation sites (tertiary alicyclic amines) is 1. The molecule has 5 nitrogen and oxygen atoms in total. The number of hydrogen-bond donors (Lipinski definition) is 2. The summed E-state index contributed by atoms with van der Waals surface area (Å²) in [7, 11) is 0. The van der Waals surface area contributed by atoms with E-state index in [0.29, 0.717) is 6.54 Å². The molecule has 1 aromatic carbocycles. The highest BCUT2D eigenvalue weighted by molar-refractivity contribution is 5.83. The second-order valence-electron chi connectivity index (χ2n) is 6.52. The second kappa shape index (κ2) is 9.37. The van der Waals surface area contributed by atoms with E-state index in [1.165, 1.54) is 37.7 Å². The van der Waals surface area contributed by atoms with Gasteiger partial charge >= 0.3 is 0 Å². The van der Waals surface area contributed by atoms with E-state index in [0.717, 1.165) is 36.7 Å². The van der Waals surface area contributed by atoms with E-state index >= 15 is 0 Å². The van der Waals surface area contributed by atoms with Crippen molar-refractivity contribution < 1.29 is 0 Å². The molecule has 0 spiro atoms. The van der Waals surface area contributed by atoms with E-state index in [9.17, 15) is 0 Å². The van der Waals surface area contributed by atoms with Gasteiger partial charge in [0, 0.05) is 31.2 Å². The van der Waals surface area contributed by atoms with Gasteiger partial charge in [-0.1, -0.05) is 30.7 Å². The Kier molecular flexibility index (Phi) is 6.63. The lowest BCUT2D eigenvalue weighted by Gasteiger charge is -2.26. The van der Waals surface area contributed by atoms with Crippen LogP contribution in [-0.2, 0) is 6.54 Å². The molecule has 1 aliphatic heterocycles. The summed E-state index contributed by atoms with van der Waals surface area (Å²) in [5.41, 5.74) is 2.20. The Morgan fingerprint density at radius 1 is 1.12 bits per heavy atom. The average molecular weight is 339 g/mol. The van der Waals surface area contributed by atoms with Crippen LogP contribution in [0.5, 0.6) is 0 Å². The fourth-order valence-corrected chi connectivity index (χ4v) is 3.32. The van der Waals surface area contributed by atoms with Crippen LogP contribution in [0.3, 0.4) is 0 Å². The Hall–Kier alpha value is -2.14. The van der Waals surface area contributed by atoms with Gasteiger partial charge in [-0.05, 0) is 44.5 Å². The summed E-state index contributed by atoms with van der Waals surface area (Å²) in [6.07, 6.45) is 5.90. The summed E-state index contributed by atoms with van der Waals surface area (Å²) in [5, 5.41) is 7.97. The van der Waals surface area contributed by atoms with Crippen molar-refractivity contribution in [2.75, 3.05) is 32.7 Å². The minimum Gasteiger partial charge on any atom is -0.357 e. The third kappa shape index (κ3) is 5.16. The Bertz CT molecular complexity index is 686. The number of piperidine rings is 1. The molecule has 0 unspecified atom stereocenters. The van der Waals surface area contributed by atoms with Gasteiger partial charge in [-0.2, -0.15) is 0 Å². The van der Waals surface area contributed by atoms with E-state index < -0.39 is 0 Å². The van der Waals surface area contributed by atoms with Crippen LogP contribution in [0.25, 0.3) is 10.9 Å². The number of para-hydroxylation sites is 1. The van der Waals surface area contributed by atoms with E-state index in [2.05, 4.69) is 51.7 Å². The van der Waals surface area contributed by atoms with Crippen LogP contribution < -0.4 is 10.6 Å². The molecule has 0 saturated carbocycles. The zero-order valence-corrected chi connectivity index (χ0v) is 15.2. The van der Waals surface area contributed by atoms with Crippen LogP contribution in [0.15, 0.2) is 41.5 Å². The van der Waals surface area contributed by atoms with Crippen LogP contribution in [-0.4, -0.2) is 48.6 Å². The summed E-state index contributed by atoms with van der Waals surface area (Å²) in [6, 6.07) is 10.3. The lowest BCUT2D eigenvalue weighted by molar-refractivity contribution is 0.232. The molecule has 0 aliphatic carbocycles. The first-order valence-corrected chi connectivity index (χ1v) is 9.44. The lowest BCUT2D eigenvalue weighted by Crippen LogP contribution is -2.42. The van der Waals surface area contributed by atoms with Gasteiger partial charge in [0.1, 0.15) is 0 Å². The van der Waals surface area contributed by atoms with Gasteiger partial charge in [-0.25, -0.2) is 4.99 Å². The molecule has 134 valence electrons. The number of nitrogens with one attached hydrogen (secondary N) is 2. The molecule has 0 atom stereocenters. The van der Waals surface area contributed by atoms with Crippen molar-refractivity contribution in [1.29, 1.82) is 0 Å². The fraction of sp³-hybridized carbons (Fsp3) is 0.500. The maximum Gasteiger partial charge on any atom is 0.191 e. The molecule has 1 aliphatic rings. The van der Waals surface area contributed by atoms with Gasteiger partial charge in [-0.15, -0.1) is 0 Å².